The van der Waals surface area contributed by atoms with E-state index in [9.17, 15) is 9.59 Å². The van der Waals surface area contributed by atoms with Crippen LogP contribution in [-0.2, 0) is 4.79 Å². The number of anilines is 2. The molecule has 0 atom stereocenters. The van der Waals surface area contributed by atoms with Crippen LogP contribution in [0.2, 0.25) is 0 Å². The molecule has 1 heterocycles. The molecule has 0 bridgehead atoms. The van der Waals surface area contributed by atoms with E-state index in [-0.39, 0.29) is 11.8 Å². The summed E-state index contributed by atoms with van der Waals surface area (Å²) < 4.78 is 5.86. The highest BCUT2D eigenvalue weighted by molar-refractivity contribution is 9.10. The molecule has 1 saturated heterocycles. The topological polar surface area (TPSA) is 58.6 Å². The lowest BCUT2D eigenvalue weighted by atomic mass is 10.1. The molecule has 0 aliphatic carbocycles. The number of rotatable bonds is 4. The van der Waals surface area contributed by atoms with Gasteiger partial charge in [0.1, 0.15) is 5.75 Å². The summed E-state index contributed by atoms with van der Waals surface area (Å²) in [6.45, 7) is 0.720. The maximum Gasteiger partial charge on any atom is 0.256 e. The number of halogens is 1. The largest absolute Gasteiger partial charge is 0.497 e. The molecule has 0 saturated carbocycles. The third kappa shape index (κ3) is 4.02. The van der Waals surface area contributed by atoms with E-state index in [1.54, 1.807) is 30.2 Å². The lowest BCUT2D eigenvalue weighted by Gasteiger charge is -2.27. The zero-order chi connectivity index (χ0) is 17.8. The van der Waals surface area contributed by atoms with Gasteiger partial charge in [0.15, 0.2) is 0 Å². The lowest BCUT2D eigenvalue weighted by molar-refractivity contribution is -0.119. The van der Waals surface area contributed by atoms with Crippen LogP contribution in [0.1, 0.15) is 29.6 Å². The van der Waals surface area contributed by atoms with Crippen molar-refractivity contribution in [3.8, 4) is 5.75 Å². The van der Waals surface area contributed by atoms with Crippen molar-refractivity contribution in [2.45, 2.75) is 19.3 Å². The molecule has 2 aromatic carbocycles. The molecule has 6 heteroatoms. The van der Waals surface area contributed by atoms with Gasteiger partial charge in [0.25, 0.3) is 5.91 Å². The van der Waals surface area contributed by atoms with Crippen molar-refractivity contribution >= 4 is 39.1 Å². The number of methoxy groups -OCH3 is 1. The molecular formula is C19H19BrN2O3. The molecule has 1 N–H and O–H groups in total. The van der Waals surface area contributed by atoms with Crippen molar-refractivity contribution in [3.63, 3.8) is 0 Å². The molecule has 0 radical (unpaired) electrons. The van der Waals surface area contributed by atoms with Crippen LogP contribution in [-0.4, -0.2) is 25.5 Å². The quantitative estimate of drug-likeness (QED) is 0.832. The molecule has 3 rings (SSSR count). The number of piperidine rings is 1. The number of ether oxygens (including phenoxy) is 1. The Morgan fingerprint density at radius 1 is 1.20 bits per heavy atom. The number of nitrogens with one attached hydrogen (secondary N) is 1. The summed E-state index contributed by atoms with van der Waals surface area (Å²) in [5.74, 6) is 0.499. The van der Waals surface area contributed by atoms with Crippen LogP contribution in [0, 0.1) is 0 Å². The minimum Gasteiger partial charge on any atom is -0.497 e. The second-order valence-corrected chi connectivity index (χ2v) is 6.71. The van der Waals surface area contributed by atoms with Gasteiger partial charge in [-0.25, -0.2) is 0 Å². The Bertz CT molecular complexity index is 807. The van der Waals surface area contributed by atoms with E-state index in [2.05, 4.69) is 21.2 Å². The van der Waals surface area contributed by atoms with E-state index in [4.69, 9.17) is 4.74 Å². The Balaban J connectivity index is 1.80. The molecule has 5 nitrogen and oxygen atoms in total. The second-order valence-electron chi connectivity index (χ2n) is 5.85. The number of carbonyl (C=O) groups is 2. The number of hydrogen-bond donors (Lipinski definition) is 1. The van der Waals surface area contributed by atoms with Gasteiger partial charge in [-0.15, -0.1) is 0 Å². The zero-order valence-electron chi connectivity index (χ0n) is 13.9. The van der Waals surface area contributed by atoms with Gasteiger partial charge in [-0.1, -0.05) is 6.07 Å². The minimum absolute atomic E-state index is 0.130. The SMILES string of the molecule is COc1ccc(Br)c(C(=O)Nc2cccc(N3CCCCC3=O)c2)c1. The molecule has 130 valence electrons. The van der Waals surface area contributed by atoms with Crippen LogP contribution >= 0.6 is 15.9 Å². The summed E-state index contributed by atoms with van der Waals surface area (Å²) in [5, 5.41) is 2.88. The van der Waals surface area contributed by atoms with E-state index < -0.39 is 0 Å². The van der Waals surface area contributed by atoms with Crippen molar-refractivity contribution in [2.75, 3.05) is 23.9 Å². The maximum atomic E-state index is 12.6. The van der Waals surface area contributed by atoms with Crippen LogP contribution in [0.3, 0.4) is 0 Å². The fourth-order valence-corrected chi connectivity index (χ4v) is 3.26. The Kier molecular flexibility index (Phi) is 5.38. The lowest BCUT2D eigenvalue weighted by Crippen LogP contribution is -2.35. The Morgan fingerprint density at radius 2 is 2.04 bits per heavy atom. The zero-order valence-corrected chi connectivity index (χ0v) is 15.5. The van der Waals surface area contributed by atoms with E-state index in [1.807, 2.05) is 24.3 Å². The Morgan fingerprint density at radius 3 is 2.80 bits per heavy atom. The molecule has 1 aliphatic heterocycles. The average Bonchev–Trinajstić information content (AvgIpc) is 2.62. The summed E-state index contributed by atoms with van der Waals surface area (Å²) in [6, 6.07) is 12.6. The van der Waals surface area contributed by atoms with Gasteiger partial charge < -0.3 is 15.0 Å². The summed E-state index contributed by atoms with van der Waals surface area (Å²) in [5.41, 5.74) is 1.95. The summed E-state index contributed by atoms with van der Waals surface area (Å²) in [6.07, 6.45) is 2.52. The summed E-state index contributed by atoms with van der Waals surface area (Å²) >= 11 is 3.39. The third-order valence-electron chi connectivity index (χ3n) is 4.16. The number of hydrogen-bond acceptors (Lipinski definition) is 3. The standard InChI is InChI=1S/C19H19BrN2O3/c1-25-15-8-9-17(20)16(12-15)19(24)21-13-5-4-6-14(11-13)22-10-3-2-7-18(22)23/h4-6,8-9,11-12H,2-3,7,10H2,1H3,(H,21,24). The van der Waals surface area contributed by atoms with Gasteiger partial charge in [0.05, 0.1) is 12.7 Å². The van der Waals surface area contributed by atoms with E-state index in [0.717, 1.165) is 25.1 Å². The normalized spacial score (nSPS) is 14.3. The van der Waals surface area contributed by atoms with Crippen molar-refractivity contribution in [1.82, 2.24) is 0 Å². The molecule has 2 aromatic rings. The van der Waals surface area contributed by atoms with Crippen LogP contribution in [0.25, 0.3) is 0 Å². The Hall–Kier alpha value is -2.34. The van der Waals surface area contributed by atoms with Crippen LogP contribution in [0.4, 0.5) is 11.4 Å². The smallest absolute Gasteiger partial charge is 0.256 e. The van der Waals surface area contributed by atoms with Gasteiger partial charge in [-0.2, -0.15) is 0 Å². The van der Waals surface area contributed by atoms with Crippen molar-refractivity contribution in [1.29, 1.82) is 0 Å². The first kappa shape index (κ1) is 17.5. The van der Waals surface area contributed by atoms with Crippen molar-refractivity contribution in [3.05, 3.63) is 52.5 Å². The number of amides is 2. The maximum absolute atomic E-state index is 12.6. The van der Waals surface area contributed by atoms with Gasteiger partial charge in [-0.3, -0.25) is 9.59 Å². The van der Waals surface area contributed by atoms with Gasteiger partial charge in [0.2, 0.25) is 5.91 Å². The number of benzene rings is 2. The first-order chi connectivity index (χ1) is 12.1. The predicted octanol–water partition coefficient (Wildman–Crippen LogP) is 4.23. The minimum atomic E-state index is -0.243. The van der Waals surface area contributed by atoms with E-state index >= 15 is 0 Å². The molecular weight excluding hydrogens is 384 g/mol. The average molecular weight is 403 g/mol. The van der Waals surface area contributed by atoms with Gasteiger partial charge in [0, 0.05) is 28.8 Å². The molecule has 0 unspecified atom stereocenters. The number of nitrogens with zero attached hydrogens (tertiary/aromatic N) is 1. The highest BCUT2D eigenvalue weighted by Crippen LogP contribution is 2.26. The fraction of sp³-hybridized carbons (Fsp3) is 0.263. The summed E-state index contributed by atoms with van der Waals surface area (Å²) in [4.78, 5) is 26.4. The molecule has 0 aromatic heterocycles. The van der Waals surface area contributed by atoms with Gasteiger partial charge >= 0.3 is 0 Å². The second kappa shape index (κ2) is 7.70. The van der Waals surface area contributed by atoms with Crippen LogP contribution in [0.5, 0.6) is 5.75 Å². The predicted molar refractivity (Wildman–Crippen MR) is 101 cm³/mol. The molecule has 25 heavy (non-hydrogen) atoms. The van der Waals surface area contributed by atoms with E-state index in [1.165, 1.54) is 0 Å². The summed E-state index contributed by atoms with van der Waals surface area (Å²) in [7, 11) is 1.56. The number of carbonyl (C=O) groups excluding carboxylic acids is 2. The highest BCUT2D eigenvalue weighted by Gasteiger charge is 2.20. The molecule has 0 spiro atoms. The monoisotopic (exact) mass is 402 g/mol. The molecule has 1 aliphatic rings. The highest BCUT2D eigenvalue weighted by atomic mass is 79.9. The van der Waals surface area contributed by atoms with Crippen molar-refractivity contribution in [2.24, 2.45) is 0 Å². The first-order valence-corrected chi connectivity index (χ1v) is 8.93. The van der Waals surface area contributed by atoms with Gasteiger partial charge in [-0.05, 0) is 65.2 Å². The molecule has 2 amide bonds. The van der Waals surface area contributed by atoms with E-state index in [0.29, 0.717) is 27.9 Å². The van der Waals surface area contributed by atoms with Crippen molar-refractivity contribution < 1.29 is 14.3 Å². The van der Waals surface area contributed by atoms with Crippen LogP contribution < -0.4 is 15.0 Å². The fourth-order valence-electron chi connectivity index (χ4n) is 2.83. The Labute approximate surface area is 155 Å². The molecule has 1 fully saturated rings. The van der Waals surface area contributed by atoms with Crippen LogP contribution in [0.15, 0.2) is 46.9 Å². The first-order valence-electron chi connectivity index (χ1n) is 8.14. The third-order valence-corrected chi connectivity index (χ3v) is 4.85.